The number of carboxylic acids is 1. The quantitative estimate of drug-likeness (QED) is 0.415. The first kappa shape index (κ1) is 21.4. The number of aromatic nitrogens is 2. The number of alkyl halides is 3. The van der Waals surface area contributed by atoms with Crippen molar-refractivity contribution in [3.05, 3.63) is 70.9 Å². The predicted molar refractivity (Wildman–Crippen MR) is 113 cm³/mol. The van der Waals surface area contributed by atoms with E-state index < -0.39 is 29.6 Å². The predicted octanol–water partition coefficient (Wildman–Crippen LogP) is 5.37. The lowest BCUT2D eigenvalue weighted by Crippen LogP contribution is -2.12. The highest BCUT2D eigenvalue weighted by Crippen LogP contribution is 2.47. The van der Waals surface area contributed by atoms with Crippen molar-refractivity contribution in [3.8, 4) is 32.5 Å². The lowest BCUT2D eigenvalue weighted by molar-refractivity contribution is -0.147. The van der Waals surface area contributed by atoms with Gasteiger partial charge in [-0.25, -0.2) is 9.78 Å². The molecule has 5 rings (SSSR count). The maximum absolute atomic E-state index is 14.0. The van der Waals surface area contributed by atoms with Crippen LogP contribution in [0.15, 0.2) is 53.1 Å². The fourth-order valence-electron chi connectivity index (χ4n) is 3.93. The summed E-state index contributed by atoms with van der Waals surface area (Å²) in [5.41, 5.74) is 1.46. The molecule has 0 unspecified atom stereocenters. The van der Waals surface area contributed by atoms with E-state index in [-0.39, 0.29) is 21.8 Å². The largest absolute Gasteiger partial charge is 0.479 e. The molecular formula is C23H15F3N2O4S. The van der Waals surface area contributed by atoms with Gasteiger partial charge in [0, 0.05) is 5.56 Å². The molecular weight excluding hydrogens is 457 g/mol. The van der Waals surface area contributed by atoms with Gasteiger partial charge in [-0.2, -0.15) is 13.2 Å². The monoisotopic (exact) mass is 472 g/mol. The number of benzene rings is 2. The van der Waals surface area contributed by atoms with Crippen LogP contribution in [0.5, 0.6) is 0 Å². The summed E-state index contributed by atoms with van der Waals surface area (Å²) < 4.78 is 47.3. The molecule has 10 heteroatoms. The van der Waals surface area contributed by atoms with Gasteiger partial charge >= 0.3 is 12.1 Å². The average molecular weight is 472 g/mol. The Kier molecular flexibility index (Phi) is 5.06. The van der Waals surface area contributed by atoms with Crippen LogP contribution in [0.1, 0.15) is 28.5 Å². The normalized spacial score (nSPS) is 13.9. The minimum Gasteiger partial charge on any atom is -0.479 e. The van der Waals surface area contributed by atoms with Gasteiger partial charge < -0.3 is 14.7 Å². The van der Waals surface area contributed by atoms with Gasteiger partial charge in [0.2, 0.25) is 5.76 Å². The molecule has 2 heterocycles. The molecule has 1 aliphatic carbocycles. The minimum atomic E-state index is -4.70. The third-order valence-electron chi connectivity index (χ3n) is 5.47. The summed E-state index contributed by atoms with van der Waals surface area (Å²) in [6.45, 7) is 0. The van der Waals surface area contributed by atoms with E-state index in [0.717, 1.165) is 22.5 Å². The molecule has 0 spiro atoms. The third-order valence-corrected chi connectivity index (χ3v) is 6.60. The zero-order valence-electron chi connectivity index (χ0n) is 16.8. The Labute approximate surface area is 188 Å². The second kappa shape index (κ2) is 7.82. The van der Waals surface area contributed by atoms with Crippen LogP contribution in [0.3, 0.4) is 0 Å². The molecule has 2 aromatic heterocycles. The number of fused-ring (bicyclic) bond motifs is 3. The van der Waals surface area contributed by atoms with Gasteiger partial charge in [0.05, 0.1) is 10.6 Å². The molecule has 2 aromatic carbocycles. The van der Waals surface area contributed by atoms with E-state index in [1.165, 1.54) is 18.2 Å². The van der Waals surface area contributed by atoms with Gasteiger partial charge in [0.15, 0.2) is 11.1 Å². The van der Waals surface area contributed by atoms with Gasteiger partial charge in [-0.3, -0.25) is 0 Å². The van der Waals surface area contributed by atoms with E-state index in [1.807, 2.05) is 0 Å². The highest BCUT2D eigenvalue weighted by Gasteiger charge is 2.42. The number of rotatable bonds is 4. The van der Waals surface area contributed by atoms with Crippen molar-refractivity contribution < 1.29 is 32.7 Å². The Balaban J connectivity index is 1.60. The van der Waals surface area contributed by atoms with Crippen LogP contribution >= 0.6 is 11.3 Å². The molecule has 6 nitrogen and oxygen atoms in total. The summed E-state index contributed by atoms with van der Waals surface area (Å²) in [4.78, 5) is 16.2. The lowest BCUT2D eigenvalue weighted by Gasteiger charge is -2.17. The number of aryl methyl sites for hydroxylation is 2. The maximum atomic E-state index is 14.0. The van der Waals surface area contributed by atoms with Gasteiger partial charge in [-0.05, 0) is 29.5 Å². The zero-order valence-corrected chi connectivity index (χ0v) is 17.6. The highest BCUT2D eigenvalue weighted by molar-refractivity contribution is 7.18. The van der Waals surface area contributed by atoms with Gasteiger partial charge in [0.25, 0.3) is 0 Å². The summed E-state index contributed by atoms with van der Waals surface area (Å²) in [6.07, 6.45) is -5.36. The fraction of sp³-hybridized carbons (Fsp3) is 0.174. The summed E-state index contributed by atoms with van der Waals surface area (Å²) >= 11 is 1.07. The number of halogens is 3. The van der Waals surface area contributed by atoms with Gasteiger partial charge in [-0.1, -0.05) is 53.7 Å². The number of carbonyl (C=O) groups is 1. The number of aliphatic hydroxyl groups is 1. The third kappa shape index (κ3) is 3.70. The van der Waals surface area contributed by atoms with Gasteiger partial charge in [0.1, 0.15) is 11.3 Å². The Bertz CT molecular complexity index is 1360. The first-order valence-electron chi connectivity index (χ1n) is 9.90. The van der Waals surface area contributed by atoms with E-state index in [0.29, 0.717) is 23.4 Å². The molecule has 0 fully saturated rings. The Morgan fingerprint density at radius 3 is 2.58 bits per heavy atom. The minimum absolute atomic E-state index is 0.0736. The zero-order chi connectivity index (χ0) is 23.3. The molecule has 2 N–H and O–H groups in total. The van der Waals surface area contributed by atoms with Gasteiger partial charge in [-0.15, -0.1) is 11.3 Å². The van der Waals surface area contributed by atoms with E-state index in [4.69, 9.17) is 9.63 Å². The summed E-state index contributed by atoms with van der Waals surface area (Å²) in [6, 6.07) is 12.8. The SMILES string of the molecule is O=C(O)[C@H](O)c1ccc2c(c1)CCc1nc(-c3onc(-c4ccccc4)c3C(F)(F)F)sc1-2. The number of hydrogen-bond donors (Lipinski definition) is 2. The van der Waals surface area contributed by atoms with E-state index in [1.54, 1.807) is 30.3 Å². The molecule has 0 radical (unpaired) electrons. The second-order valence-corrected chi connectivity index (χ2v) is 8.55. The first-order valence-corrected chi connectivity index (χ1v) is 10.7. The van der Waals surface area contributed by atoms with Crippen LogP contribution < -0.4 is 0 Å². The van der Waals surface area contributed by atoms with Crippen molar-refractivity contribution in [1.29, 1.82) is 0 Å². The van der Waals surface area contributed by atoms with Crippen LogP contribution in [-0.2, 0) is 23.8 Å². The van der Waals surface area contributed by atoms with Crippen molar-refractivity contribution >= 4 is 17.3 Å². The highest BCUT2D eigenvalue weighted by atomic mass is 32.1. The molecule has 168 valence electrons. The van der Waals surface area contributed by atoms with E-state index in [2.05, 4.69) is 10.1 Å². The van der Waals surface area contributed by atoms with E-state index in [9.17, 15) is 23.1 Å². The number of carboxylic acid groups (broad SMARTS) is 1. The van der Waals surface area contributed by atoms with Crippen molar-refractivity contribution in [1.82, 2.24) is 10.1 Å². The number of thiazole rings is 1. The number of aliphatic hydroxyl groups excluding tert-OH is 1. The standard InChI is InChI=1S/C23H15F3N2O4S/c24-23(25,26)16-17(11-4-2-1-3-5-11)28-32-19(16)21-27-15-9-7-12-10-13(18(29)22(30)31)6-8-14(12)20(15)33-21/h1-6,8,10,18,29H,7,9H2,(H,30,31)/t18-/m1/s1. The molecule has 0 saturated carbocycles. The van der Waals surface area contributed by atoms with Crippen LogP contribution in [0, 0.1) is 0 Å². The van der Waals surface area contributed by atoms with Crippen molar-refractivity contribution in [2.24, 2.45) is 0 Å². The van der Waals surface area contributed by atoms with Crippen LogP contribution in [-0.4, -0.2) is 26.3 Å². The van der Waals surface area contributed by atoms with E-state index >= 15 is 0 Å². The maximum Gasteiger partial charge on any atom is 0.422 e. The molecule has 1 aliphatic rings. The molecule has 0 bridgehead atoms. The second-order valence-electron chi connectivity index (χ2n) is 7.55. The molecule has 1 atom stereocenters. The van der Waals surface area contributed by atoms with Crippen molar-refractivity contribution in [2.75, 3.05) is 0 Å². The molecule has 4 aromatic rings. The Morgan fingerprint density at radius 2 is 1.88 bits per heavy atom. The number of hydrogen-bond acceptors (Lipinski definition) is 6. The summed E-state index contributed by atoms with van der Waals surface area (Å²) in [5, 5.41) is 22.6. The van der Waals surface area contributed by atoms with Crippen molar-refractivity contribution in [3.63, 3.8) is 0 Å². The van der Waals surface area contributed by atoms with Crippen LogP contribution in [0.2, 0.25) is 0 Å². The Morgan fingerprint density at radius 1 is 1.12 bits per heavy atom. The lowest BCUT2D eigenvalue weighted by atomic mass is 9.91. The first-order chi connectivity index (χ1) is 15.7. The van der Waals surface area contributed by atoms with Crippen LogP contribution in [0.25, 0.3) is 32.5 Å². The van der Waals surface area contributed by atoms with Crippen LogP contribution in [0.4, 0.5) is 13.2 Å². The number of nitrogens with zero attached hydrogens (tertiary/aromatic N) is 2. The smallest absolute Gasteiger partial charge is 0.422 e. The Hall–Kier alpha value is -3.50. The molecule has 0 aliphatic heterocycles. The molecule has 0 saturated heterocycles. The summed E-state index contributed by atoms with van der Waals surface area (Å²) in [7, 11) is 0. The number of aliphatic carboxylic acids is 1. The summed E-state index contributed by atoms with van der Waals surface area (Å²) in [5.74, 6) is -1.79. The fourth-order valence-corrected chi connectivity index (χ4v) is 5.08. The topological polar surface area (TPSA) is 96.5 Å². The average Bonchev–Trinajstić information content (AvgIpc) is 3.43. The van der Waals surface area contributed by atoms with Crippen molar-refractivity contribution in [2.45, 2.75) is 25.1 Å². The molecule has 33 heavy (non-hydrogen) atoms. The molecule has 0 amide bonds.